The molecule has 1 unspecified atom stereocenters. The van der Waals surface area contributed by atoms with Crippen molar-refractivity contribution < 1.29 is 9.32 Å². The molecule has 1 saturated heterocycles. The van der Waals surface area contributed by atoms with E-state index in [1.807, 2.05) is 66.4 Å². The highest BCUT2D eigenvalue weighted by Gasteiger charge is 2.35. The number of carbonyl (C=O) groups is 1. The lowest BCUT2D eigenvalue weighted by molar-refractivity contribution is 0.0706. The zero-order chi connectivity index (χ0) is 19.8. The third kappa shape index (κ3) is 3.16. The van der Waals surface area contributed by atoms with Crippen molar-refractivity contribution in [3.05, 3.63) is 77.9 Å². The molecule has 0 aliphatic carbocycles. The summed E-state index contributed by atoms with van der Waals surface area (Å²) >= 11 is 0. The normalized spacial score (nSPS) is 16.4. The van der Waals surface area contributed by atoms with Gasteiger partial charge < -0.3 is 9.42 Å². The van der Waals surface area contributed by atoms with Gasteiger partial charge in [-0.15, -0.1) is 0 Å². The summed E-state index contributed by atoms with van der Waals surface area (Å²) in [5.74, 6) is 0.929. The Morgan fingerprint density at radius 1 is 1.14 bits per heavy atom. The van der Waals surface area contributed by atoms with Gasteiger partial charge in [-0.25, -0.2) is 0 Å². The van der Waals surface area contributed by atoms with Crippen LogP contribution in [0.5, 0.6) is 0 Å². The van der Waals surface area contributed by atoms with Crippen LogP contribution in [0.1, 0.15) is 40.8 Å². The van der Waals surface area contributed by atoms with Crippen LogP contribution in [0.25, 0.3) is 22.2 Å². The van der Waals surface area contributed by atoms with Crippen molar-refractivity contribution in [3.8, 4) is 11.4 Å². The summed E-state index contributed by atoms with van der Waals surface area (Å²) in [6.45, 7) is 2.68. The first-order chi connectivity index (χ1) is 14.2. The number of nitrogens with zero attached hydrogens (tertiary/aromatic N) is 4. The quantitative estimate of drug-likeness (QED) is 0.517. The van der Waals surface area contributed by atoms with E-state index in [0.717, 1.165) is 34.7 Å². The van der Waals surface area contributed by atoms with Gasteiger partial charge in [0.2, 0.25) is 11.7 Å². The highest BCUT2D eigenvalue weighted by Crippen LogP contribution is 2.34. The van der Waals surface area contributed by atoms with Gasteiger partial charge in [0, 0.05) is 23.7 Å². The van der Waals surface area contributed by atoms with Crippen molar-refractivity contribution in [3.63, 3.8) is 0 Å². The third-order valence-corrected chi connectivity index (χ3v) is 5.39. The molecule has 4 aromatic rings. The Bertz CT molecular complexity index is 1190. The van der Waals surface area contributed by atoms with Gasteiger partial charge in [-0.05, 0) is 37.3 Å². The van der Waals surface area contributed by atoms with Gasteiger partial charge in [0.25, 0.3) is 5.91 Å². The molecular weight excluding hydrogens is 364 g/mol. The maximum atomic E-state index is 13.3. The number of pyridine rings is 1. The SMILES string of the molecule is Cc1cccc(-c2noc(C3CCCN3C(=O)c3nccc4ccccc34)n2)c1. The van der Waals surface area contributed by atoms with Gasteiger partial charge in [-0.2, -0.15) is 4.98 Å². The summed E-state index contributed by atoms with van der Waals surface area (Å²) in [6.07, 6.45) is 3.37. The second-order valence-electron chi connectivity index (χ2n) is 7.36. The summed E-state index contributed by atoms with van der Waals surface area (Å²) in [5, 5.41) is 6.01. The minimum Gasteiger partial charge on any atom is -0.337 e. The molecule has 1 atom stereocenters. The van der Waals surface area contributed by atoms with Crippen LogP contribution in [0.15, 0.2) is 65.3 Å². The van der Waals surface area contributed by atoms with Crippen molar-refractivity contribution in [1.82, 2.24) is 20.0 Å². The monoisotopic (exact) mass is 384 g/mol. The van der Waals surface area contributed by atoms with Crippen LogP contribution in [0, 0.1) is 6.92 Å². The Labute approximate surface area is 168 Å². The Balaban J connectivity index is 1.47. The van der Waals surface area contributed by atoms with Crippen LogP contribution in [0.4, 0.5) is 0 Å². The van der Waals surface area contributed by atoms with Gasteiger partial charge in [-0.3, -0.25) is 9.78 Å². The number of fused-ring (bicyclic) bond motifs is 1. The highest BCUT2D eigenvalue weighted by molar-refractivity contribution is 6.05. The molecule has 29 heavy (non-hydrogen) atoms. The van der Waals surface area contributed by atoms with Crippen molar-refractivity contribution in [2.45, 2.75) is 25.8 Å². The van der Waals surface area contributed by atoms with Gasteiger partial charge in [0.1, 0.15) is 11.7 Å². The standard InChI is InChI=1S/C23H20N4O2/c1-15-6-4-8-17(14-15)21-25-22(29-26-21)19-10-5-13-27(19)23(28)20-18-9-3-2-7-16(18)11-12-24-20/h2-4,6-9,11-12,14,19H,5,10,13H2,1H3. The lowest BCUT2D eigenvalue weighted by atomic mass is 10.1. The minimum atomic E-state index is -0.227. The third-order valence-electron chi connectivity index (χ3n) is 5.39. The number of carbonyl (C=O) groups excluding carboxylic acids is 1. The molecular formula is C23H20N4O2. The van der Waals surface area contributed by atoms with Crippen LogP contribution < -0.4 is 0 Å². The first kappa shape index (κ1) is 17.6. The molecule has 0 spiro atoms. The molecule has 0 N–H and O–H groups in total. The predicted octanol–water partition coefficient (Wildman–Crippen LogP) is 4.57. The number of hydrogen-bond acceptors (Lipinski definition) is 5. The summed E-state index contributed by atoms with van der Waals surface area (Å²) in [5.41, 5.74) is 2.51. The summed E-state index contributed by atoms with van der Waals surface area (Å²) in [6, 6.07) is 17.5. The van der Waals surface area contributed by atoms with E-state index in [2.05, 4.69) is 15.1 Å². The summed E-state index contributed by atoms with van der Waals surface area (Å²) in [4.78, 5) is 24.1. The van der Waals surface area contributed by atoms with E-state index in [1.54, 1.807) is 6.20 Å². The van der Waals surface area contributed by atoms with E-state index in [-0.39, 0.29) is 11.9 Å². The van der Waals surface area contributed by atoms with E-state index >= 15 is 0 Å². The van der Waals surface area contributed by atoms with Gasteiger partial charge in [-0.1, -0.05) is 53.2 Å². The lowest BCUT2D eigenvalue weighted by Gasteiger charge is -2.22. The van der Waals surface area contributed by atoms with Crippen LogP contribution in [-0.2, 0) is 0 Å². The lowest BCUT2D eigenvalue weighted by Crippen LogP contribution is -2.31. The largest absolute Gasteiger partial charge is 0.337 e. The zero-order valence-corrected chi connectivity index (χ0v) is 16.1. The van der Waals surface area contributed by atoms with Crippen LogP contribution in [0.2, 0.25) is 0 Å². The molecule has 0 bridgehead atoms. The molecule has 5 rings (SSSR count). The minimum absolute atomic E-state index is 0.0976. The van der Waals surface area contributed by atoms with E-state index < -0.39 is 0 Å². The Morgan fingerprint density at radius 2 is 2.03 bits per heavy atom. The molecule has 6 heteroatoms. The fourth-order valence-electron chi connectivity index (χ4n) is 3.96. The summed E-state index contributed by atoms with van der Waals surface area (Å²) < 4.78 is 5.57. The highest BCUT2D eigenvalue weighted by atomic mass is 16.5. The van der Waals surface area contributed by atoms with Crippen molar-refractivity contribution in [1.29, 1.82) is 0 Å². The Morgan fingerprint density at radius 3 is 2.93 bits per heavy atom. The van der Waals surface area contributed by atoms with Gasteiger partial charge in [0.15, 0.2) is 0 Å². The number of amides is 1. The average Bonchev–Trinajstić information content (AvgIpc) is 3.42. The van der Waals surface area contributed by atoms with Crippen molar-refractivity contribution in [2.75, 3.05) is 6.54 Å². The maximum Gasteiger partial charge on any atom is 0.273 e. The smallest absolute Gasteiger partial charge is 0.273 e. The fourth-order valence-corrected chi connectivity index (χ4v) is 3.96. The predicted molar refractivity (Wildman–Crippen MR) is 109 cm³/mol. The fraction of sp³-hybridized carbons (Fsp3) is 0.217. The molecule has 144 valence electrons. The molecule has 1 fully saturated rings. The number of benzene rings is 2. The Kier molecular flexibility index (Phi) is 4.31. The second kappa shape index (κ2) is 7.13. The van der Waals surface area contributed by atoms with Gasteiger partial charge in [0.05, 0.1) is 0 Å². The van der Waals surface area contributed by atoms with Crippen LogP contribution >= 0.6 is 0 Å². The molecule has 6 nitrogen and oxygen atoms in total. The molecule has 0 radical (unpaired) electrons. The molecule has 2 aromatic heterocycles. The number of aromatic nitrogens is 3. The molecule has 1 amide bonds. The molecule has 1 aliphatic rings. The number of hydrogen-bond donors (Lipinski definition) is 0. The Hall–Kier alpha value is -3.54. The second-order valence-corrected chi connectivity index (χ2v) is 7.36. The zero-order valence-electron chi connectivity index (χ0n) is 16.1. The number of likely N-dealkylation sites (tertiary alicyclic amines) is 1. The van der Waals surface area contributed by atoms with E-state index in [0.29, 0.717) is 24.0 Å². The van der Waals surface area contributed by atoms with Gasteiger partial charge >= 0.3 is 0 Å². The van der Waals surface area contributed by atoms with Crippen LogP contribution in [0.3, 0.4) is 0 Å². The topological polar surface area (TPSA) is 72.1 Å². The maximum absolute atomic E-state index is 13.3. The van der Waals surface area contributed by atoms with E-state index in [9.17, 15) is 4.79 Å². The number of rotatable bonds is 3. The van der Waals surface area contributed by atoms with Crippen molar-refractivity contribution in [2.24, 2.45) is 0 Å². The summed E-state index contributed by atoms with van der Waals surface area (Å²) in [7, 11) is 0. The first-order valence-electron chi connectivity index (χ1n) is 9.76. The van der Waals surface area contributed by atoms with Crippen molar-refractivity contribution >= 4 is 16.7 Å². The van der Waals surface area contributed by atoms with E-state index in [4.69, 9.17) is 4.52 Å². The van der Waals surface area contributed by atoms with Crippen LogP contribution in [-0.4, -0.2) is 32.5 Å². The molecule has 0 saturated carbocycles. The first-order valence-corrected chi connectivity index (χ1v) is 9.76. The average molecular weight is 384 g/mol. The molecule has 2 aromatic carbocycles. The molecule has 1 aliphatic heterocycles. The van der Waals surface area contributed by atoms with E-state index in [1.165, 1.54) is 0 Å². The molecule has 3 heterocycles. The number of aryl methyl sites for hydroxylation is 1.